The van der Waals surface area contributed by atoms with Gasteiger partial charge in [-0.1, -0.05) is 44.2 Å². The summed E-state index contributed by atoms with van der Waals surface area (Å²) in [6.07, 6.45) is 3.06. The van der Waals surface area contributed by atoms with Crippen LogP contribution in [0.3, 0.4) is 0 Å². The maximum atomic E-state index is 4.97. The smallest absolute Gasteiger partial charge is 0.227 e. The minimum absolute atomic E-state index is 0.678. The molecule has 1 N–H and O–H groups in total. The molecule has 0 amide bonds. The highest BCUT2D eigenvalue weighted by molar-refractivity contribution is 5.85. The molecule has 36 heavy (non-hydrogen) atoms. The Kier molecular flexibility index (Phi) is 8.30. The monoisotopic (exact) mass is 491 g/mol. The molecule has 4 heterocycles. The number of rotatable bonds is 10. The van der Waals surface area contributed by atoms with Crippen LogP contribution in [0, 0.1) is 0 Å². The van der Waals surface area contributed by atoms with Gasteiger partial charge in [0.2, 0.25) is 5.95 Å². The Labute approximate surface area is 215 Å². The topological polar surface area (TPSA) is 68.6 Å². The van der Waals surface area contributed by atoms with Gasteiger partial charge in [-0.3, -0.25) is 0 Å². The zero-order chi connectivity index (χ0) is 24.7. The highest BCUT2D eigenvalue weighted by Gasteiger charge is 2.23. The number of nitrogens with zero attached hydrogens (tertiary/aromatic N) is 8. The minimum atomic E-state index is 0.678. The van der Waals surface area contributed by atoms with Crippen LogP contribution in [-0.2, 0) is 13.1 Å². The van der Waals surface area contributed by atoms with Crippen LogP contribution in [0.25, 0.3) is 11.2 Å². The van der Waals surface area contributed by atoms with Crippen molar-refractivity contribution in [2.24, 2.45) is 0 Å². The average Bonchev–Trinajstić information content (AvgIpc) is 3.35. The van der Waals surface area contributed by atoms with E-state index in [1.165, 1.54) is 31.7 Å². The summed E-state index contributed by atoms with van der Waals surface area (Å²) in [6.45, 7) is 18.2. The van der Waals surface area contributed by atoms with Crippen LogP contribution < -0.4 is 10.2 Å². The summed E-state index contributed by atoms with van der Waals surface area (Å²) in [6, 6.07) is 10.4. The molecule has 9 nitrogen and oxygen atoms in total. The molecule has 9 heteroatoms. The van der Waals surface area contributed by atoms with Gasteiger partial charge >= 0.3 is 0 Å². The molecule has 2 fully saturated rings. The quantitative estimate of drug-likeness (QED) is 0.464. The number of fused-ring (bicyclic) bond motifs is 1. The number of hydrogen-bond donors (Lipinski definition) is 1. The summed E-state index contributed by atoms with van der Waals surface area (Å²) in [4.78, 5) is 24.7. The molecule has 2 aliphatic heterocycles. The van der Waals surface area contributed by atoms with Crippen LogP contribution in [0.4, 0.5) is 11.8 Å². The fourth-order valence-corrected chi connectivity index (χ4v) is 5.24. The van der Waals surface area contributed by atoms with E-state index in [1.54, 1.807) is 0 Å². The first kappa shape index (κ1) is 24.9. The summed E-state index contributed by atoms with van der Waals surface area (Å²) in [5.74, 6) is 1.64. The van der Waals surface area contributed by atoms with Gasteiger partial charge in [-0.15, -0.1) is 0 Å². The lowest BCUT2D eigenvalue weighted by Gasteiger charge is -2.34. The summed E-state index contributed by atoms with van der Waals surface area (Å²) >= 11 is 0. The fourth-order valence-electron chi connectivity index (χ4n) is 5.24. The zero-order valence-electron chi connectivity index (χ0n) is 21.9. The Morgan fingerprint density at radius 3 is 2.14 bits per heavy atom. The van der Waals surface area contributed by atoms with Crippen molar-refractivity contribution in [3.63, 3.8) is 0 Å². The van der Waals surface area contributed by atoms with Gasteiger partial charge in [0.15, 0.2) is 17.0 Å². The molecule has 0 saturated carbocycles. The lowest BCUT2D eigenvalue weighted by atomic mass is 10.2. The van der Waals surface area contributed by atoms with Gasteiger partial charge in [0.1, 0.15) is 0 Å². The van der Waals surface area contributed by atoms with Crippen molar-refractivity contribution in [3.8, 4) is 0 Å². The van der Waals surface area contributed by atoms with Gasteiger partial charge in [0.05, 0.1) is 6.33 Å². The number of benzene rings is 1. The second-order valence-electron chi connectivity index (χ2n) is 9.87. The number of likely N-dealkylation sites (N-methyl/N-ethyl adjacent to an activating group) is 2. The molecule has 0 atom stereocenters. The maximum absolute atomic E-state index is 4.97. The summed E-state index contributed by atoms with van der Waals surface area (Å²) < 4.78 is 2.22. The molecule has 2 saturated heterocycles. The number of aryl methyl sites for hydroxylation is 1. The molecule has 0 radical (unpaired) electrons. The van der Waals surface area contributed by atoms with E-state index in [9.17, 15) is 0 Å². The third-order valence-electron chi connectivity index (χ3n) is 7.64. The van der Waals surface area contributed by atoms with Crippen LogP contribution in [0.2, 0.25) is 0 Å². The van der Waals surface area contributed by atoms with E-state index in [0.29, 0.717) is 12.5 Å². The average molecular weight is 492 g/mol. The number of nitrogens with one attached hydrogen (secondary N) is 1. The molecule has 0 unspecified atom stereocenters. The van der Waals surface area contributed by atoms with Crippen molar-refractivity contribution in [3.05, 3.63) is 42.2 Å². The van der Waals surface area contributed by atoms with E-state index in [2.05, 4.69) is 67.6 Å². The third kappa shape index (κ3) is 5.96. The molecule has 3 aromatic rings. The Morgan fingerprint density at radius 1 is 0.778 bits per heavy atom. The Balaban J connectivity index is 1.32. The molecular weight excluding hydrogens is 450 g/mol. The van der Waals surface area contributed by atoms with Crippen molar-refractivity contribution in [2.75, 3.05) is 82.2 Å². The summed E-state index contributed by atoms with van der Waals surface area (Å²) in [7, 11) is 0. The first-order chi connectivity index (χ1) is 17.7. The Bertz CT molecular complexity index is 1080. The second kappa shape index (κ2) is 12.0. The van der Waals surface area contributed by atoms with E-state index in [1.807, 2.05) is 12.4 Å². The molecule has 0 aliphatic carbocycles. The Morgan fingerprint density at radius 2 is 1.44 bits per heavy atom. The SMILES string of the molecule is CCN1CCN(CCCn2cnc3c(N4CCN(CC)CC4)nc(NCc4ccccc4)nc32)CC1. The van der Waals surface area contributed by atoms with Gasteiger partial charge in [0.25, 0.3) is 0 Å². The molecule has 2 aliphatic rings. The Hall–Kier alpha value is -2.75. The molecule has 1 aromatic carbocycles. The summed E-state index contributed by atoms with van der Waals surface area (Å²) in [5, 5.41) is 3.47. The van der Waals surface area contributed by atoms with Gasteiger partial charge in [-0.25, -0.2) is 4.98 Å². The van der Waals surface area contributed by atoms with Crippen molar-refractivity contribution in [1.82, 2.24) is 34.2 Å². The van der Waals surface area contributed by atoms with Crippen molar-refractivity contribution >= 4 is 22.9 Å². The van der Waals surface area contributed by atoms with Crippen molar-refractivity contribution in [1.29, 1.82) is 0 Å². The van der Waals surface area contributed by atoms with Crippen LogP contribution in [0.5, 0.6) is 0 Å². The van der Waals surface area contributed by atoms with Crippen molar-refractivity contribution < 1.29 is 0 Å². The zero-order valence-corrected chi connectivity index (χ0v) is 21.9. The third-order valence-corrected chi connectivity index (χ3v) is 7.64. The normalized spacial score (nSPS) is 18.2. The molecule has 0 spiro atoms. The van der Waals surface area contributed by atoms with E-state index < -0.39 is 0 Å². The van der Waals surface area contributed by atoms with Gasteiger partial charge < -0.3 is 29.5 Å². The highest BCUT2D eigenvalue weighted by Crippen LogP contribution is 2.26. The van der Waals surface area contributed by atoms with E-state index in [4.69, 9.17) is 15.0 Å². The first-order valence-corrected chi connectivity index (χ1v) is 13.7. The maximum Gasteiger partial charge on any atom is 0.227 e. The molecular formula is C27H41N9. The molecule has 194 valence electrons. The number of anilines is 2. The van der Waals surface area contributed by atoms with E-state index in [0.717, 1.165) is 75.8 Å². The van der Waals surface area contributed by atoms with E-state index >= 15 is 0 Å². The van der Waals surface area contributed by atoms with Crippen LogP contribution in [-0.4, -0.2) is 106 Å². The first-order valence-electron chi connectivity index (χ1n) is 13.7. The minimum Gasteiger partial charge on any atom is -0.352 e. The lowest BCUT2D eigenvalue weighted by Crippen LogP contribution is -2.46. The molecule has 0 bridgehead atoms. The highest BCUT2D eigenvalue weighted by atomic mass is 15.3. The lowest BCUT2D eigenvalue weighted by molar-refractivity contribution is 0.135. The fraction of sp³-hybridized carbons (Fsp3) is 0.593. The van der Waals surface area contributed by atoms with E-state index in [-0.39, 0.29) is 0 Å². The molecule has 5 rings (SSSR count). The number of hydrogen-bond acceptors (Lipinski definition) is 8. The predicted molar refractivity (Wildman–Crippen MR) is 147 cm³/mol. The number of aromatic nitrogens is 4. The standard InChI is InChI=1S/C27H41N9/c1-3-32-13-15-34(16-14-32)11-8-12-36-22-29-24-25(35-19-17-33(4-2)18-20-35)30-27(31-26(24)36)28-21-23-9-6-5-7-10-23/h5-7,9-10,22H,3-4,8,11-21H2,1-2H3,(H,28,30,31). The predicted octanol–water partition coefficient (Wildman–Crippen LogP) is 2.61. The van der Waals surface area contributed by atoms with Crippen LogP contribution in [0.1, 0.15) is 25.8 Å². The van der Waals surface area contributed by atoms with Gasteiger partial charge in [-0.05, 0) is 31.6 Å². The van der Waals surface area contributed by atoms with Crippen molar-refractivity contribution in [2.45, 2.75) is 33.4 Å². The summed E-state index contributed by atoms with van der Waals surface area (Å²) in [5.41, 5.74) is 3.07. The van der Waals surface area contributed by atoms with Crippen LogP contribution in [0.15, 0.2) is 36.7 Å². The van der Waals surface area contributed by atoms with Crippen LogP contribution >= 0.6 is 0 Å². The largest absolute Gasteiger partial charge is 0.352 e. The second-order valence-corrected chi connectivity index (χ2v) is 9.87. The molecule has 2 aromatic heterocycles. The van der Waals surface area contributed by atoms with Gasteiger partial charge in [0, 0.05) is 65.4 Å². The number of imidazole rings is 1. The van der Waals surface area contributed by atoms with Gasteiger partial charge in [-0.2, -0.15) is 9.97 Å². The number of piperazine rings is 2.